The maximum atomic E-state index is 12.7. The van der Waals surface area contributed by atoms with Crippen LogP contribution in [-0.2, 0) is 11.3 Å². The van der Waals surface area contributed by atoms with E-state index in [1.54, 1.807) is 0 Å². The van der Waals surface area contributed by atoms with Gasteiger partial charge in [-0.3, -0.25) is 9.69 Å². The van der Waals surface area contributed by atoms with Gasteiger partial charge in [0.2, 0.25) is 5.91 Å². The molecular formula is C17H23N3O2. The fourth-order valence-corrected chi connectivity index (χ4v) is 2.57. The second-order valence-electron chi connectivity index (χ2n) is 5.74. The van der Waals surface area contributed by atoms with Gasteiger partial charge in [-0.1, -0.05) is 29.4 Å². The predicted molar refractivity (Wildman–Crippen MR) is 85.4 cm³/mol. The van der Waals surface area contributed by atoms with Gasteiger partial charge in [-0.05, 0) is 46.0 Å². The number of amides is 1. The van der Waals surface area contributed by atoms with Gasteiger partial charge in [-0.25, -0.2) is 0 Å². The number of likely N-dealkylation sites (N-methyl/N-ethyl adjacent to an activating group) is 1. The molecule has 0 aliphatic carbocycles. The number of carbonyl (C=O) groups is 1. The average Bonchev–Trinajstić information content (AvgIpc) is 2.78. The van der Waals surface area contributed by atoms with Crippen molar-refractivity contribution >= 4 is 5.91 Å². The van der Waals surface area contributed by atoms with Gasteiger partial charge in [0.1, 0.15) is 11.8 Å². The molecule has 0 spiro atoms. The van der Waals surface area contributed by atoms with E-state index < -0.39 is 0 Å². The molecule has 22 heavy (non-hydrogen) atoms. The lowest BCUT2D eigenvalue weighted by Crippen LogP contribution is -2.37. The fourth-order valence-electron chi connectivity index (χ4n) is 2.57. The molecule has 2 aromatic rings. The molecule has 1 atom stereocenters. The van der Waals surface area contributed by atoms with Crippen molar-refractivity contribution in [2.24, 2.45) is 0 Å². The largest absolute Gasteiger partial charge is 0.361 e. The van der Waals surface area contributed by atoms with Crippen LogP contribution in [0.4, 0.5) is 0 Å². The van der Waals surface area contributed by atoms with Crippen LogP contribution in [0, 0.1) is 20.8 Å². The van der Waals surface area contributed by atoms with E-state index in [0.717, 1.165) is 28.1 Å². The second kappa shape index (κ2) is 6.75. The third-order valence-electron chi connectivity index (χ3n) is 3.87. The van der Waals surface area contributed by atoms with Crippen LogP contribution in [0.15, 0.2) is 28.8 Å². The molecule has 2 rings (SSSR count). The Hall–Kier alpha value is -2.14. The number of nitrogens with zero attached hydrogens (tertiary/aromatic N) is 2. The Bertz CT molecular complexity index is 642. The summed E-state index contributed by atoms with van der Waals surface area (Å²) in [6.07, 6.45) is 0. The molecule has 0 fully saturated rings. The summed E-state index contributed by atoms with van der Waals surface area (Å²) in [5.74, 6) is 0.717. The summed E-state index contributed by atoms with van der Waals surface area (Å²) < 4.78 is 5.13. The number of benzene rings is 1. The molecule has 1 aromatic carbocycles. The SMILES string of the molecule is Cc1ccccc1C(C(=O)NCc1c(C)noc1C)N(C)C. The van der Waals surface area contributed by atoms with Crippen molar-refractivity contribution in [1.29, 1.82) is 0 Å². The minimum Gasteiger partial charge on any atom is -0.361 e. The Labute approximate surface area is 131 Å². The standard InChI is InChI=1S/C17H23N3O2/c1-11-8-6-7-9-14(11)16(20(4)5)17(21)18-10-15-12(2)19-22-13(15)3/h6-9,16H,10H2,1-5H3,(H,18,21). The Morgan fingerprint density at radius 1 is 1.27 bits per heavy atom. The molecule has 1 unspecified atom stereocenters. The molecule has 0 bridgehead atoms. The quantitative estimate of drug-likeness (QED) is 0.922. The summed E-state index contributed by atoms with van der Waals surface area (Å²) >= 11 is 0. The normalized spacial score (nSPS) is 12.5. The van der Waals surface area contributed by atoms with Crippen LogP contribution in [-0.4, -0.2) is 30.1 Å². The minimum atomic E-state index is -0.318. The van der Waals surface area contributed by atoms with Crippen LogP contribution in [0.1, 0.15) is 34.2 Å². The van der Waals surface area contributed by atoms with Crippen molar-refractivity contribution in [3.05, 3.63) is 52.4 Å². The first-order valence-electron chi connectivity index (χ1n) is 7.33. The van der Waals surface area contributed by atoms with Crippen molar-refractivity contribution in [3.8, 4) is 0 Å². The number of carbonyl (C=O) groups excluding carboxylic acids is 1. The summed E-state index contributed by atoms with van der Waals surface area (Å²) in [4.78, 5) is 14.6. The first-order chi connectivity index (χ1) is 10.4. The van der Waals surface area contributed by atoms with Crippen LogP contribution in [0.25, 0.3) is 0 Å². The third-order valence-corrected chi connectivity index (χ3v) is 3.87. The zero-order chi connectivity index (χ0) is 16.3. The molecule has 0 radical (unpaired) electrons. The maximum absolute atomic E-state index is 12.7. The molecule has 1 N–H and O–H groups in total. The zero-order valence-corrected chi connectivity index (χ0v) is 13.8. The van der Waals surface area contributed by atoms with Gasteiger partial charge in [-0.2, -0.15) is 0 Å². The number of hydrogen-bond donors (Lipinski definition) is 1. The van der Waals surface area contributed by atoms with Gasteiger partial charge >= 0.3 is 0 Å². The Morgan fingerprint density at radius 3 is 2.50 bits per heavy atom. The number of hydrogen-bond acceptors (Lipinski definition) is 4. The average molecular weight is 301 g/mol. The molecular weight excluding hydrogens is 278 g/mol. The molecule has 1 aromatic heterocycles. The lowest BCUT2D eigenvalue weighted by atomic mass is 9.99. The van der Waals surface area contributed by atoms with Crippen molar-refractivity contribution < 1.29 is 9.32 Å². The summed E-state index contributed by atoms with van der Waals surface area (Å²) in [7, 11) is 3.82. The van der Waals surface area contributed by atoms with Crippen LogP contribution in [0.2, 0.25) is 0 Å². The molecule has 0 saturated heterocycles. The first kappa shape index (κ1) is 16.2. The summed E-state index contributed by atoms with van der Waals surface area (Å²) in [5, 5.41) is 6.90. The topological polar surface area (TPSA) is 58.4 Å². The van der Waals surface area contributed by atoms with Gasteiger partial charge in [0.05, 0.1) is 5.69 Å². The van der Waals surface area contributed by atoms with Crippen molar-refractivity contribution in [2.75, 3.05) is 14.1 Å². The van der Waals surface area contributed by atoms with E-state index in [9.17, 15) is 4.79 Å². The van der Waals surface area contributed by atoms with E-state index in [-0.39, 0.29) is 11.9 Å². The molecule has 1 heterocycles. The smallest absolute Gasteiger partial charge is 0.242 e. The first-order valence-corrected chi connectivity index (χ1v) is 7.33. The molecule has 118 valence electrons. The summed E-state index contributed by atoms with van der Waals surface area (Å²) in [6.45, 7) is 6.18. The highest BCUT2D eigenvalue weighted by Crippen LogP contribution is 2.22. The summed E-state index contributed by atoms with van der Waals surface area (Å²) in [5.41, 5.74) is 3.88. The van der Waals surface area contributed by atoms with Gasteiger partial charge in [-0.15, -0.1) is 0 Å². The maximum Gasteiger partial charge on any atom is 0.242 e. The van der Waals surface area contributed by atoms with Gasteiger partial charge in [0.15, 0.2) is 0 Å². The van der Waals surface area contributed by atoms with E-state index in [1.165, 1.54) is 0 Å². The lowest BCUT2D eigenvalue weighted by Gasteiger charge is -2.25. The highest BCUT2D eigenvalue weighted by Gasteiger charge is 2.24. The highest BCUT2D eigenvalue weighted by molar-refractivity contribution is 5.83. The van der Waals surface area contributed by atoms with E-state index in [4.69, 9.17) is 4.52 Å². The minimum absolute atomic E-state index is 0.0284. The Balaban J connectivity index is 2.16. The van der Waals surface area contributed by atoms with Crippen LogP contribution >= 0.6 is 0 Å². The predicted octanol–water partition coefficient (Wildman–Crippen LogP) is 2.52. The molecule has 0 saturated carbocycles. The van der Waals surface area contributed by atoms with Gasteiger partial charge in [0.25, 0.3) is 0 Å². The molecule has 1 amide bonds. The molecule has 5 heteroatoms. The van der Waals surface area contributed by atoms with E-state index >= 15 is 0 Å². The summed E-state index contributed by atoms with van der Waals surface area (Å²) in [6, 6.07) is 7.64. The third kappa shape index (κ3) is 3.36. The van der Waals surface area contributed by atoms with Crippen LogP contribution in [0.3, 0.4) is 0 Å². The molecule has 0 aliphatic rings. The Kier molecular flexibility index (Phi) is 4.98. The van der Waals surface area contributed by atoms with Crippen molar-refractivity contribution in [3.63, 3.8) is 0 Å². The zero-order valence-electron chi connectivity index (χ0n) is 13.8. The van der Waals surface area contributed by atoms with Crippen LogP contribution < -0.4 is 5.32 Å². The molecule has 0 aliphatic heterocycles. The van der Waals surface area contributed by atoms with Crippen molar-refractivity contribution in [1.82, 2.24) is 15.4 Å². The lowest BCUT2D eigenvalue weighted by molar-refractivity contribution is -0.126. The highest BCUT2D eigenvalue weighted by atomic mass is 16.5. The number of nitrogens with one attached hydrogen (secondary N) is 1. The number of rotatable bonds is 5. The van der Waals surface area contributed by atoms with E-state index in [1.807, 2.05) is 64.0 Å². The Morgan fingerprint density at radius 2 is 1.95 bits per heavy atom. The van der Waals surface area contributed by atoms with Crippen molar-refractivity contribution in [2.45, 2.75) is 33.4 Å². The van der Waals surface area contributed by atoms with Gasteiger partial charge < -0.3 is 9.84 Å². The fraction of sp³-hybridized carbons (Fsp3) is 0.412. The van der Waals surface area contributed by atoms with E-state index in [2.05, 4.69) is 10.5 Å². The van der Waals surface area contributed by atoms with Gasteiger partial charge in [0, 0.05) is 12.1 Å². The number of aromatic nitrogens is 1. The molecule has 5 nitrogen and oxygen atoms in total. The number of aryl methyl sites for hydroxylation is 3. The van der Waals surface area contributed by atoms with E-state index in [0.29, 0.717) is 6.54 Å². The second-order valence-corrected chi connectivity index (χ2v) is 5.74. The monoisotopic (exact) mass is 301 g/mol. The van der Waals surface area contributed by atoms with Crippen LogP contribution in [0.5, 0.6) is 0 Å².